The van der Waals surface area contributed by atoms with Crippen molar-refractivity contribution >= 4 is 12.0 Å². The highest BCUT2D eigenvalue weighted by atomic mass is 16.6. The molecule has 2 atom stereocenters. The van der Waals surface area contributed by atoms with Crippen molar-refractivity contribution in [3.8, 4) is 0 Å². The molecule has 1 aromatic rings. The van der Waals surface area contributed by atoms with Crippen LogP contribution in [0.3, 0.4) is 0 Å². The van der Waals surface area contributed by atoms with Gasteiger partial charge >= 0.3 is 6.09 Å². The first-order valence-electron chi connectivity index (χ1n) is 7.53. The molecule has 22 heavy (non-hydrogen) atoms. The van der Waals surface area contributed by atoms with Crippen molar-refractivity contribution in [2.24, 2.45) is 0 Å². The van der Waals surface area contributed by atoms with Crippen LogP contribution in [0.5, 0.6) is 0 Å². The lowest BCUT2D eigenvalue weighted by atomic mass is 10.0. The van der Waals surface area contributed by atoms with Crippen LogP contribution in [0.15, 0.2) is 30.3 Å². The Morgan fingerprint density at radius 2 is 2.09 bits per heavy atom. The van der Waals surface area contributed by atoms with Crippen LogP contribution in [-0.4, -0.2) is 47.2 Å². The van der Waals surface area contributed by atoms with E-state index < -0.39 is 18.2 Å². The van der Waals surface area contributed by atoms with Gasteiger partial charge in [-0.3, -0.25) is 4.79 Å². The predicted molar refractivity (Wildman–Crippen MR) is 81.0 cm³/mol. The van der Waals surface area contributed by atoms with E-state index in [-0.39, 0.29) is 19.1 Å². The van der Waals surface area contributed by atoms with Gasteiger partial charge in [0.15, 0.2) is 0 Å². The first-order valence-corrected chi connectivity index (χ1v) is 7.53. The zero-order valence-corrected chi connectivity index (χ0v) is 12.7. The molecule has 120 valence electrons. The third-order valence-electron chi connectivity index (χ3n) is 3.71. The van der Waals surface area contributed by atoms with E-state index in [1.165, 1.54) is 4.90 Å². The van der Waals surface area contributed by atoms with E-state index in [1.807, 2.05) is 30.3 Å². The van der Waals surface area contributed by atoms with Crippen molar-refractivity contribution in [3.63, 3.8) is 0 Å². The summed E-state index contributed by atoms with van der Waals surface area (Å²) in [4.78, 5) is 25.1. The number of piperidine rings is 1. The molecular formula is C16H22N2O4. The minimum absolute atomic E-state index is 0.136. The number of amides is 2. The summed E-state index contributed by atoms with van der Waals surface area (Å²) in [5, 5.41) is 12.7. The van der Waals surface area contributed by atoms with Crippen molar-refractivity contribution in [1.82, 2.24) is 10.2 Å². The molecule has 2 amide bonds. The summed E-state index contributed by atoms with van der Waals surface area (Å²) >= 11 is 0. The summed E-state index contributed by atoms with van der Waals surface area (Å²) in [6.07, 6.45) is -0.281. The largest absolute Gasteiger partial charge is 0.445 e. The molecule has 1 aliphatic heterocycles. The van der Waals surface area contributed by atoms with Gasteiger partial charge < -0.3 is 20.1 Å². The van der Waals surface area contributed by atoms with Crippen LogP contribution in [-0.2, 0) is 16.1 Å². The Labute approximate surface area is 130 Å². The van der Waals surface area contributed by atoms with Crippen molar-refractivity contribution in [2.75, 3.05) is 13.1 Å². The number of benzene rings is 1. The molecule has 6 heteroatoms. The Hall–Kier alpha value is -2.08. The van der Waals surface area contributed by atoms with Crippen LogP contribution in [0.2, 0.25) is 0 Å². The van der Waals surface area contributed by atoms with Gasteiger partial charge in [0, 0.05) is 19.5 Å². The Balaban J connectivity index is 1.85. The molecule has 2 N–H and O–H groups in total. The Morgan fingerprint density at radius 1 is 1.36 bits per heavy atom. The molecule has 1 saturated heterocycles. The molecule has 1 fully saturated rings. The summed E-state index contributed by atoms with van der Waals surface area (Å²) in [5.74, 6) is -0.136. The average molecular weight is 306 g/mol. The molecule has 2 rings (SSSR count). The number of aliphatic hydroxyl groups excluding tert-OH is 1. The van der Waals surface area contributed by atoms with Crippen molar-refractivity contribution in [2.45, 2.75) is 38.5 Å². The molecule has 6 nitrogen and oxygen atoms in total. The number of nitrogens with one attached hydrogen (secondary N) is 1. The normalized spacial score (nSPS) is 21.3. The van der Waals surface area contributed by atoms with Gasteiger partial charge in [-0.1, -0.05) is 37.3 Å². The molecule has 0 radical (unpaired) electrons. The smallest absolute Gasteiger partial charge is 0.410 e. The zero-order chi connectivity index (χ0) is 15.9. The SMILES string of the molecule is CCC(=O)N[C@H]1CN(C(=O)OCc2ccccc2)CC[C@@H]1O. The lowest BCUT2D eigenvalue weighted by molar-refractivity contribution is -0.123. The van der Waals surface area contributed by atoms with Gasteiger partial charge in [-0.15, -0.1) is 0 Å². The Kier molecular flexibility index (Phi) is 5.77. The lowest BCUT2D eigenvalue weighted by Crippen LogP contribution is -2.56. The fraction of sp³-hybridized carbons (Fsp3) is 0.500. The molecule has 0 saturated carbocycles. The summed E-state index contributed by atoms with van der Waals surface area (Å²) in [5.41, 5.74) is 0.920. The number of nitrogens with zero attached hydrogens (tertiary/aromatic N) is 1. The summed E-state index contributed by atoms with van der Waals surface area (Å²) in [6, 6.07) is 9.01. The van der Waals surface area contributed by atoms with Gasteiger partial charge in [-0.25, -0.2) is 4.79 Å². The van der Waals surface area contributed by atoms with Gasteiger partial charge in [0.05, 0.1) is 12.1 Å². The number of carbonyl (C=O) groups is 2. The molecule has 0 bridgehead atoms. The van der Waals surface area contributed by atoms with Crippen LogP contribution in [0.4, 0.5) is 4.79 Å². The van der Waals surface area contributed by atoms with Gasteiger partial charge in [-0.05, 0) is 12.0 Å². The maximum atomic E-state index is 12.1. The van der Waals surface area contributed by atoms with E-state index in [0.717, 1.165) is 5.56 Å². The highest BCUT2D eigenvalue weighted by Gasteiger charge is 2.31. The third kappa shape index (κ3) is 4.46. The molecule has 1 aliphatic rings. The number of hydrogen-bond donors (Lipinski definition) is 2. The van der Waals surface area contributed by atoms with Crippen LogP contribution >= 0.6 is 0 Å². The first-order chi connectivity index (χ1) is 10.6. The quantitative estimate of drug-likeness (QED) is 0.878. The summed E-state index contributed by atoms with van der Waals surface area (Å²) in [7, 11) is 0. The zero-order valence-electron chi connectivity index (χ0n) is 12.7. The second kappa shape index (κ2) is 7.79. The molecule has 0 unspecified atom stereocenters. The minimum atomic E-state index is -0.631. The molecule has 1 aromatic carbocycles. The number of ether oxygens (including phenoxy) is 1. The van der Waals surface area contributed by atoms with Crippen molar-refractivity contribution < 1.29 is 19.4 Å². The maximum absolute atomic E-state index is 12.1. The van der Waals surface area contributed by atoms with E-state index in [0.29, 0.717) is 19.4 Å². The standard InChI is InChI=1S/C16H22N2O4/c1-2-15(20)17-13-10-18(9-8-14(13)19)16(21)22-11-12-6-4-3-5-7-12/h3-7,13-14,19H,2,8-11H2,1H3,(H,17,20)/t13-,14-/m0/s1. The van der Waals surface area contributed by atoms with Gasteiger partial charge in [0.1, 0.15) is 6.61 Å². The van der Waals surface area contributed by atoms with E-state index in [1.54, 1.807) is 6.92 Å². The molecule has 0 spiro atoms. The van der Waals surface area contributed by atoms with Gasteiger partial charge in [0.25, 0.3) is 0 Å². The van der Waals surface area contributed by atoms with Crippen molar-refractivity contribution in [1.29, 1.82) is 0 Å². The molecular weight excluding hydrogens is 284 g/mol. The fourth-order valence-electron chi connectivity index (χ4n) is 2.37. The van der Waals surface area contributed by atoms with Crippen molar-refractivity contribution in [3.05, 3.63) is 35.9 Å². The summed E-state index contributed by atoms with van der Waals surface area (Å²) in [6.45, 7) is 2.65. The maximum Gasteiger partial charge on any atom is 0.410 e. The van der Waals surface area contributed by atoms with E-state index in [9.17, 15) is 14.7 Å². The molecule has 0 aromatic heterocycles. The van der Waals surface area contributed by atoms with Crippen LogP contribution in [0.25, 0.3) is 0 Å². The number of likely N-dealkylation sites (tertiary alicyclic amines) is 1. The van der Waals surface area contributed by atoms with E-state index >= 15 is 0 Å². The fourth-order valence-corrected chi connectivity index (χ4v) is 2.37. The number of carbonyl (C=O) groups excluding carboxylic acids is 2. The third-order valence-corrected chi connectivity index (χ3v) is 3.71. The highest BCUT2D eigenvalue weighted by Crippen LogP contribution is 2.13. The molecule has 1 heterocycles. The second-order valence-electron chi connectivity index (χ2n) is 5.37. The van der Waals surface area contributed by atoms with E-state index in [4.69, 9.17) is 4.74 Å². The lowest BCUT2D eigenvalue weighted by Gasteiger charge is -2.35. The second-order valence-corrected chi connectivity index (χ2v) is 5.37. The first kappa shape index (κ1) is 16.3. The monoisotopic (exact) mass is 306 g/mol. The van der Waals surface area contributed by atoms with Gasteiger partial charge in [0.2, 0.25) is 5.91 Å². The van der Waals surface area contributed by atoms with Crippen LogP contribution in [0, 0.1) is 0 Å². The number of hydrogen-bond acceptors (Lipinski definition) is 4. The number of rotatable bonds is 4. The Bertz CT molecular complexity index is 506. The minimum Gasteiger partial charge on any atom is -0.445 e. The Morgan fingerprint density at radius 3 is 2.77 bits per heavy atom. The van der Waals surface area contributed by atoms with Gasteiger partial charge in [-0.2, -0.15) is 0 Å². The average Bonchev–Trinajstić information content (AvgIpc) is 2.55. The van der Waals surface area contributed by atoms with E-state index in [2.05, 4.69) is 5.32 Å². The summed E-state index contributed by atoms with van der Waals surface area (Å²) < 4.78 is 5.28. The molecule has 0 aliphatic carbocycles. The highest BCUT2D eigenvalue weighted by molar-refractivity contribution is 5.76. The van der Waals surface area contributed by atoms with Crippen LogP contribution in [0.1, 0.15) is 25.3 Å². The number of aliphatic hydroxyl groups is 1. The van der Waals surface area contributed by atoms with Crippen LogP contribution < -0.4 is 5.32 Å². The predicted octanol–water partition coefficient (Wildman–Crippen LogP) is 1.28. The topological polar surface area (TPSA) is 78.9 Å².